The second-order valence-corrected chi connectivity index (χ2v) is 5.00. The van der Waals surface area contributed by atoms with Gasteiger partial charge in [-0.3, -0.25) is 0 Å². The van der Waals surface area contributed by atoms with E-state index < -0.39 is 17.0 Å². The van der Waals surface area contributed by atoms with Crippen LogP contribution >= 0.6 is 0 Å². The maximum absolute atomic E-state index is 9.61. The van der Waals surface area contributed by atoms with Gasteiger partial charge < -0.3 is 14.6 Å². The zero-order valence-corrected chi connectivity index (χ0v) is 10.5. The van der Waals surface area contributed by atoms with Gasteiger partial charge in [0.05, 0.1) is 11.2 Å². The first-order valence-corrected chi connectivity index (χ1v) is 5.08. The Labute approximate surface area is 87.4 Å². The van der Waals surface area contributed by atoms with Crippen LogP contribution in [0, 0.1) is 0 Å². The fraction of sp³-hybridized carbons (Fsp3) is 1.00. The molecule has 86 valence electrons. The van der Waals surface area contributed by atoms with Crippen molar-refractivity contribution in [1.82, 2.24) is 0 Å². The monoisotopic (exact) mass is 204 g/mol. The van der Waals surface area contributed by atoms with E-state index in [0.29, 0.717) is 6.61 Å². The predicted molar refractivity (Wildman–Crippen MR) is 57.2 cm³/mol. The highest BCUT2D eigenvalue weighted by molar-refractivity contribution is 4.90. The smallest absolute Gasteiger partial charge is 0.160 e. The van der Waals surface area contributed by atoms with Crippen molar-refractivity contribution in [3.05, 3.63) is 0 Å². The lowest BCUT2D eigenvalue weighted by molar-refractivity contribution is -0.284. The molecule has 14 heavy (non-hydrogen) atoms. The molecule has 0 rings (SSSR count). The van der Waals surface area contributed by atoms with Crippen molar-refractivity contribution in [1.29, 1.82) is 0 Å². The molecule has 0 fully saturated rings. The molecule has 0 unspecified atom stereocenters. The number of rotatable bonds is 5. The van der Waals surface area contributed by atoms with Crippen LogP contribution in [0.5, 0.6) is 0 Å². The fourth-order valence-electron chi connectivity index (χ4n) is 1.28. The minimum atomic E-state index is -1.14. The predicted octanol–water partition coefficient (Wildman–Crippen LogP) is 2.33. The van der Waals surface area contributed by atoms with Crippen molar-refractivity contribution in [2.24, 2.45) is 0 Å². The van der Waals surface area contributed by atoms with E-state index in [4.69, 9.17) is 9.47 Å². The third kappa shape index (κ3) is 3.95. The van der Waals surface area contributed by atoms with Crippen molar-refractivity contribution >= 4 is 0 Å². The molecule has 0 aromatic rings. The Morgan fingerprint density at radius 3 is 1.64 bits per heavy atom. The Balaban J connectivity index is 4.59. The van der Waals surface area contributed by atoms with E-state index in [-0.39, 0.29) is 0 Å². The SMILES string of the molecule is CCOC(C)(C)C(C)(C)OC(C)(C)O. The zero-order chi connectivity index (χ0) is 11.6. The molecule has 0 aliphatic carbocycles. The average molecular weight is 204 g/mol. The molecule has 3 heteroatoms. The number of ether oxygens (including phenoxy) is 2. The second-order valence-electron chi connectivity index (χ2n) is 5.00. The van der Waals surface area contributed by atoms with Crippen molar-refractivity contribution in [3.63, 3.8) is 0 Å². The third-order valence-corrected chi connectivity index (χ3v) is 2.46. The molecule has 0 atom stereocenters. The van der Waals surface area contributed by atoms with Gasteiger partial charge in [0.15, 0.2) is 5.79 Å². The summed E-state index contributed by atoms with van der Waals surface area (Å²) in [5.41, 5.74) is -0.969. The summed E-state index contributed by atoms with van der Waals surface area (Å²) >= 11 is 0. The highest BCUT2D eigenvalue weighted by atomic mass is 16.7. The van der Waals surface area contributed by atoms with Crippen LogP contribution in [0.1, 0.15) is 48.5 Å². The average Bonchev–Trinajstić information content (AvgIpc) is 1.79. The van der Waals surface area contributed by atoms with Crippen LogP contribution in [0.25, 0.3) is 0 Å². The van der Waals surface area contributed by atoms with Gasteiger partial charge >= 0.3 is 0 Å². The van der Waals surface area contributed by atoms with Crippen molar-refractivity contribution in [2.75, 3.05) is 6.61 Å². The third-order valence-electron chi connectivity index (χ3n) is 2.46. The van der Waals surface area contributed by atoms with Crippen LogP contribution in [-0.2, 0) is 9.47 Å². The summed E-state index contributed by atoms with van der Waals surface area (Å²) < 4.78 is 11.2. The standard InChI is InChI=1S/C11H24O3/c1-8-13-9(2,3)10(4,5)14-11(6,7)12/h12H,8H2,1-7H3. The van der Waals surface area contributed by atoms with E-state index in [9.17, 15) is 5.11 Å². The van der Waals surface area contributed by atoms with Crippen molar-refractivity contribution in [2.45, 2.75) is 65.5 Å². The van der Waals surface area contributed by atoms with E-state index >= 15 is 0 Å². The van der Waals surface area contributed by atoms with E-state index in [1.54, 1.807) is 13.8 Å². The van der Waals surface area contributed by atoms with Crippen LogP contribution in [0.4, 0.5) is 0 Å². The number of aliphatic hydroxyl groups is 1. The Kier molecular flexibility index (Phi) is 4.13. The Morgan fingerprint density at radius 2 is 1.36 bits per heavy atom. The highest BCUT2D eigenvalue weighted by Gasteiger charge is 2.42. The minimum Gasteiger partial charge on any atom is -0.373 e. The Hall–Kier alpha value is -0.120. The van der Waals surface area contributed by atoms with Crippen molar-refractivity contribution < 1.29 is 14.6 Å². The van der Waals surface area contributed by atoms with E-state index in [1.807, 2.05) is 34.6 Å². The Bertz CT molecular complexity index is 177. The maximum atomic E-state index is 9.61. The van der Waals surface area contributed by atoms with Gasteiger partial charge in [-0.25, -0.2) is 0 Å². The highest BCUT2D eigenvalue weighted by Crippen LogP contribution is 2.32. The molecule has 1 N–H and O–H groups in total. The van der Waals surface area contributed by atoms with E-state index in [0.717, 1.165) is 0 Å². The molecular weight excluding hydrogens is 180 g/mol. The van der Waals surface area contributed by atoms with Crippen molar-refractivity contribution in [3.8, 4) is 0 Å². The molecule has 0 bridgehead atoms. The van der Waals surface area contributed by atoms with Gasteiger partial charge in [0.25, 0.3) is 0 Å². The zero-order valence-electron chi connectivity index (χ0n) is 10.5. The topological polar surface area (TPSA) is 38.7 Å². The summed E-state index contributed by atoms with van der Waals surface area (Å²) in [4.78, 5) is 0. The normalized spacial score (nSPS) is 14.6. The molecule has 0 saturated carbocycles. The van der Waals surface area contributed by atoms with Crippen LogP contribution in [0.2, 0.25) is 0 Å². The van der Waals surface area contributed by atoms with E-state index in [2.05, 4.69) is 0 Å². The maximum Gasteiger partial charge on any atom is 0.160 e. The largest absolute Gasteiger partial charge is 0.373 e. The lowest BCUT2D eigenvalue weighted by Crippen LogP contribution is -2.53. The van der Waals surface area contributed by atoms with Gasteiger partial charge in [-0.1, -0.05) is 0 Å². The van der Waals surface area contributed by atoms with Gasteiger partial charge in [-0.05, 0) is 48.5 Å². The molecule has 0 aromatic carbocycles. The lowest BCUT2D eigenvalue weighted by Gasteiger charge is -2.44. The van der Waals surface area contributed by atoms with Crippen LogP contribution < -0.4 is 0 Å². The van der Waals surface area contributed by atoms with Crippen LogP contribution in [0.15, 0.2) is 0 Å². The quantitative estimate of drug-likeness (QED) is 0.698. The first-order valence-electron chi connectivity index (χ1n) is 5.08. The molecule has 0 heterocycles. The first-order chi connectivity index (χ1) is 6.02. The lowest BCUT2D eigenvalue weighted by atomic mass is 9.88. The molecule has 3 nitrogen and oxygen atoms in total. The second kappa shape index (κ2) is 4.17. The summed E-state index contributed by atoms with van der Waals surface area (Å²) in [5, 5.41) is 9.61. The number of hydrogen-bond donors (Lipinski definition) is 1. The van der Waals surface area contributed by atoms with Crippen LogP contribution in [0.3, 0.4) is 0 Å². The first kappa shape index (κ1) is 13.9. The van der Waals surface area contributed by atoms with Crippen LogP contribution in [-0.4, -0.2) is 28.7 Å². The van der Waals surface area contributed by atoms with Gasteiger partial charge in [-0.15, -0.1) is 0 Å². The minimum absolute atomic E-state index is 0.429. The van der Waals surface area contributed by atoms with Gasteiger partial charge in [-0.2, -0.15) is 0 Å². The molecule has 0 aliphatic rings. The molecule has 0 aliphatic heterocycles. The summed E-state index contributed by atoms with van der Waals surface area (Å²) in [7, 11) is 0. The van der Waals surface area contributed by atoms with Gasteiger partial charge in [0.1, 0.15) is 0 Å². The molecule has 0 aromatic heterocycles. The molecule has 0 saturated heterocycles. The van der Waals surface area contributed by atoms with Gasteiger partial charge in [0, 0.05) is 6.61 Å². The Morgan fingerprint density at radius 1 is 0.929 bits per heavy atom. The molecule has 0 spiro atoms. The molecular formula is C11H24O3. The van der Waals surface area contributed by atoms with Gasteiger partial charge in [0.2, 0.25) is 0 Å². The summed E-state index contributed by atoms with van der Waals surface area (Å²) in [6.45, 7) is 13.6. The molecule has 0 amide bonds. The van der Waals surface area contributed by atoms with E-state index in [1.165, 1.54) is 0 Å². The molecule has 0 radical (unpaired) electrons. The summed E-state index contributed by atoms with van der Waals surface area (Å²) in [6.07, 6.45) is 0. The summed E-state index contributed by atoms with van der Waals surface area (Å²) in [5.74, 6) is -1.14. The number of hydrogen-bond acceptors (Lipinski definition) is 3. The fourth-order valence-corrected chi connectivity index (χ4v) is 1.28. The summed E-state index contributed by atoms with van der Waals surface area (Å²) in [6, 6.07) is 0.